The minimum absolute atomic E-state index is 0.0442. The van der Waals surface area contributed by atoms with Crippen molar-refractivity contribution in [1.29, 1.82) is 0 Å². The maximum Gasteiger partial charge on any atom is 0.335 e. The van der Waals surface area contributed by atoms with Crippen molar-refractivity contribution in [2.75, 3.05) is 37.5 Å². The van der Waals surface area contributed by atoms with Crippen molar-refractivity contribution in [3.8, 4) is 5.75 Å². The maximum atomic E-state index is 13.1. The van der Waals surface area contributed by atoms with Crippen LogP contribution in [-0.2, 0) is 4.79 Å². The smallest absolute Gasteiger partial charge is 0.335 e. The van der Waals surface area contributed by atoms with Crippen molar-refractivity contribution < 1.29 is 19.4 Å². The number of aryl methyl sites for hydroxylation is 1. The summed E-state index contributed by atoms with van der Waals surface area (Å²) < 4.78 is 5.28. The monoisotopic (exact) mass is 427 g/mol. The Morgan fingerprint density at radius 2 is 2.03 bits per heavy atom. The number of carboxylic acid groups (broad SMARTS) is 1. The lowest BCUT2D eigenvalue weighted by atomic mass is 10.1. The van der Waals surface area contributed by atoms with E-state index in [1.165, 1.54) is 19.2 Å². The number of aromatic carboxylic acids is 1. The molecule has 1 aromatic heterocycles. The Labute approximate surface area is 182 Å². The molecule has 1 amide bonds. The summed E-state index contributed by atoms with van der Waals surface area (Å²) in [6, 6.07) is 4.37. The van der Waals surface area contributed by atoms with E-state index >= 15 is 0 Å². The van der Waals surface area contributed by atoms with Crippen molar-refractivity contribution in [3.63, 3.8) is 0 Å². The van der Waals surface area contributed by atoms with Gasteiger partial charge >= 0.3 is 5.97 Å². The van der Waals surface area contributed by atoms with Crippen LogP contribution in [0.2, 0.25) is 0 Å². The lowest BCUT2D eigenvalue weighted by Gasteiger charge is -2.30. The van der Waals surface area contributed by atoms with Gasteiger partial charge in [-0.15, -0.1) is 0 Å². The minimum Gasteiger partial charge on any atom is -0.495 e. The van der Waals surface area contributed by atoms with Gasteiger partial charge in [0.25, 0.3) is 0 Å². The van der Waals surface area contributed by atoms with Gasteiger partial charge in [0.15, 0.2) is 0 Å². The van der Waals surface area contributed by atoms with E-state index in [1.54, 1.807) is 24.2 Å². The quantitative estimate of drug-likeness (QED) is 0.662. The number of likely N-dealkylation sites (tertiary alicyclic amines) is 1. The van der Waals surface area contributed by atoms with E-state index in [0.29, 0.717) is 28.8 Å². The number of carbonyl (C=O) groups is 2. The van der Waals surface area contributed by atoms with Crippen molar-refractivity contribution >= 4 is 29.2 Å². The zero-order valence-electron chi connectivity index (χ0n) is 18.4. The third-order valence-electron chi connectivity index (χ3n) is 5.59. The summed E-state index contributed by atoms with van der Waals surface area (Å²) in [4.78, 5) is 37.0. The molecule has 1 aromatic carbocycles. The van der Waals surface area contributed by atoms with Crippen LogP contribution in [0.15, 0.2) is 24.4 Å². The Bertz CT molecular complexity index is 959. The fourth-order valence-corrected chi connectivity index (χ4v) is 3.88. The number of amides is 1. The highest BCUT2D eigenvalue weighted by atomic mass is 16.5. The maximum absolute atomic E-state index is 13.1. The molecule has 166 valence electrons. The van der Waals surface area contributed by atoms with Gasteiger partial charge in [-0.3, -0.25) is 9.69 Å². The van der Waals surface area contributed by atoms with Crippen LogP contribution in [0.25, 0.3) is 0 Å². The highest BCUT2D eigenvalue weighted by molar-refractivity contribution is 5.97. The van der Waals surface area contributed by atoms with Gasteiger partial charge in [0, 0.05) is 7.05 Å². The summed E-state index contributed by atoms with van der Waals surface area (Å²) in [6.45, 7) is 5.78. The molecule has 2 aromatic rings. The van der Waals surface area contributed by atoms with Gasteiger partial charge in [-0.25, -0.2) is 14.8 Å². The zero-order chi connectivity index (χ0) is 22.5. The van der Waals surface area contributed by atoms with Crippen LogP contribution in [-0.4, -0.2) is 65.1 Å². The third kappa shape index (κ3) is 4.93. The number of anilines is 3. The van der Waals surface area contributed by atoms with Gasteiger partial charge in [-0.1, -0.05) is 6.92 Å². The molecule has 31 heavy (non-hydrogen) atoms. The SMILES string of the molecule is CC[C@H](C(=O)N(C)c1cnc(Nc2ccc(C(=O)O)cc2OC)nc1C)N1CCCC1. The fourth-order valence-electron chi connectivity index (χ4n) is 3.88. The summed E-state index contributed by atoms with van der Waals surface area (Å²) in [7, 11) is 3.22. The van der Waals surface area contributed by atoms with Crippen molar-refractivity contribution in [2.24, 2.45) is 0 Å². The summed E-state index contributed by atoms with van der Waals surface area (Å²) in [6.07, 6.45) is 4.64. The van der Waals surface area contributed by atoms with E-state index in [9.17, 15) is 9.59 Å². The number of aromatic nitrogens is 2. The fraction of sp³-hybridized carbons (Fsp3) is 0.455. The number of benzene rings is 1. The number of hydrogen-bond donors (Lipinski definition) is 2. The van der Waals surface area contributed by atoms with Gasteiger partial charge in [0.1, 0.15) is 5.75 Å². The van der Waals surface area contributed by atoms with E-state index in [2.05, 4.69) is 20.2 Å². The second-order valence-electron chi connectivity index (χ2n) is 7.57. The first-order valence-electron chi connectivity index (χ1n) is 10.4. The van der Waals surface area contributed by atoms with E-state index in [0.717, 1.165) is 32.4 Å². The molecule has 0 aliphatic carbocycles. The molecule has 1 aliphatic heterocycles. The molecule has 0 unspecified atom stereocenters. The molecule has 2 N–H and O–H groups in total. The van der Waals surface area contributed by atoms with E-state index < -0.39 is 5.97 Å². The molecule has 1 fully saturated rings. The molecular weight excluding hydrogens is 398 g/mol. The topological polar surface area (TPSA) is 108 Å². The van der Waals surface area contributed by atoms with Crippen molar-refractivity contribution in [2.45, 2.75) is 39.2 Å². The van der Waals surface area contributed by atoms with E-state index in [-0.39, 0.29) is 17.5 Å². The summed E-state index contributed by atoms with van der Waals surface area (Å²) in [5.74, 6) is -0.292. The zero-order valence-corrected chi connectivity index (χ0v) is 18.4. The van der Waals surface area contributed by atoms with Crippen LogP contribution in [0, 0.1) is 6.92 Å². The van der Waals surface area contributed by atoms with Crippen LogP contribution in [0.1, 0.15) is 42.2 Å². The van der Waals surface area contributed by atoms with E-state index in [1.807, 2.05) is 13.8 Å². The number of nitrogens with zero attached hydrogens (tertiary/aromatic N) is 4. The predicted octanol–water partition coefficient (Wildman–Crippen LogP) is 3.07. The minimum atomic E-state index is -1.03. The highest BCUT2D eigenvalue weighted by Crippen LogP contribution is 2.29. The Balaban J connectivity index is 1.78. The second kappa shape index (κ2) is 9.74. The molecule has 1 aliphatic rings. The highest BCUT2D eigenvalue weighted by Gasteiger charge is 2.30. The van der Waals surface area contributed by atoms with Gasteiger partial charge < -0.3 is 20.1 Å². The predicted molar refractivity (Wildman–Crippen MR) is 118 cm³/mol. The summed E-state index contributed by atoms with van der Waals surface area (Å²) in [5, 5.41) is 12.2. The lowest BCUT2D eigenvalue weighted by molar-refractivity contribution is -0.123. The van der Waals surface area contributed by atoms with Gasteiger partial charge in [-0.2, -0.15) is 0 Å². The first-order chi connectivity index (χ1) is 14.8. The molecule has 9 nitrogen and oxygen atoms in total. The number of rotatable bonds is 8. The van der Waals surface area contributed by atoms with Gasteiger partial charge in [0.05, 0.1) is 42.0 Å². The molecule has 0 radical (unpaired) electrons. The molecule has 1 saturated heterocycles. The normalized spacial score (nSPS) is 14.8. The average molecular weight is 428 g/mol. The second-order valence-corrected chi connectivity index (χ2v) is 7.57. The van der Waals surface area contributed by atoms with Gasteiger partial charge in [0.2, 0.25) is 11.9 Å². The van der Waals surface area contributed by atoms with Crippen molar-refractivity contribution in [3.05, 3.63) is 35.7 Å². The molecule has 1 atom stereocenters. The number of nitrogens with one attached hydrogen (secondary N) is 1. The first-order valence-corrected chi connectivity index (χ1v) is 10.4. The average Bonchev–Trinajstić information content (AvgIpc) is 3.28. The Kier molecular flexibility index (Phi) is 7.06. The molecule has 9 heteroatoms. The standard InChI is InChI=1S/C22H29N5O4/c1-5-17(27-10-6-7-11-27)20(28)26(3)18-13-23-22(24-14(18)2)25-16-9-8-15(21(29)30)12-19(16)31-4/h8-9,12-13,17H,5-7,10-11H2,1-4H3,(H,29,30)(H,23,24,25)/t17-/m1/s1. The Hall–Kier alpha value is -3.20. The van der Waals surface area contributed by atoms with Crippen LogP contribution in [0.4, 0.5) is 17.3 Å². The summed E-state index contributed by atoms with van der Waals surface area (Å²) >= 11 is 0. The number of carboxylic acids is 1. The first kappa shape index (κ1) is 22.5. The van der Waals surface area contributed by atoms with Crippen LogP contribution in [0.5, 0.6) is 5.75 Å². The van der Waals surface area contributed by atoms with E-state index in [4.69, 9.17) is 9.84 Å². The van der Waals surface area contributed by atoms with Crippen molar-refractivity contribution in [1.82, 2.24) is 14.9 Å². The number of carbonyl (C=O) groups excluding carboxylic acids is 1. The van der Waals surface area contributed by atoms with Crippen LogP contribution < -0.4 is 15.0 Å². The van der Waals surface area contributed by atoms with Gasteiger partial charge in [-0.05, 0) is 57.5 Å². The molecule has 0 spiro atoms. The Morgan fingerprint density at radius 1 is 1.32 bits per heavy atom. The largest absolute Gasteiger partial charge is 0.495 e. The van der Waals surface area contributed by atoms with Crippen LogP contribution >= 0.6 is 0 Å². The molecule has 0 saturated carbocycles. The van der Waals surface area contributed by atoms with Crippen LogP contribution in [0.3, 0.4) is 0 Å². The third-order valence-corrected chi connectivity index (χ3v) is 5.59. The number of hydrogen-bond acceptors (Lipinski definition) is 7. The number of likely N-dealkylation sites (N-methyl/N-ethyl adjacent to an activating group) is 1. The Morgan fingerprint density at radius 3 is 2.61 bits per heavy atom. The molecule has 0 bridgehead atoms. The number of ether oxygens (including phenoxy) is 1. The molecular formula is C22H29N5O4. The lowest BCUT2D eigenvalue weighted by Crippen LogP contribution is -2.46. The summed E-state index contributed by atoms with van der Waals surface area (Å²) in [5.41, 5.74) is 1.98. The number of methoxy groups -OCH3 is 1. The molecule has 3 rings (SSSR count). The molecule has 2 heterocycles.